The lowest BCUT2D eigenvalue weighted by Gasteiger charge is -2.42. The number of hydrogen-bond acceptors (Lipinski definition) is 4. The van der Waals surface area contributed by atoms with Crippen molar-refractivity contribution in [1.29, 1.82) is 0 Å². The van der Waals surface area contributed by atoms with E-state index in [1.807, 2.05) is 0 Å². The minimum absolute atomic E-state index is 0.0268. The summed E-state index contributed by atoms with van der Waals surface area (Å²) in [5, 5.41) is 14.3. The van der Waals surface area contributed by atoms with Crippen LogP contribution >= 0.6 is 0 Å². The maximum atomic E-state index is 13.6. The third-order valence-electron chi connectivity index (χ3n) is 3.82. The maximum Gasteiger partial charge on any atom is 0.305 e. The van der Waals surface area contributed by atoms with Crippen LogP contribution in [0.2, 0.25) is 0 Å². The van der Waals surface area contributed by atoms with Gasteiger partial charge in [0.1, 0.15) is 0 Å². The van der Waals surface area contributed by atoms with Crippen molar-refractivity contribution in [3.05, 3.63) is 39.7 Å². The Morgan fingerprint density at radius 3 is 2.48 bits per heavy atom. The van der Waals surface area contributed by atoms with Crippen LogP contribution in [0.5, 0.6) is 0 Å². The quantitative estimate of drug-likeness (QED) is 0.688. The fraction of sp³-hybridized carbons (Fsp3) is 0.600. The van der Waals surface area contributed by atoms with Crippen molar-refractivity contribution in [1.82, 2.24) is 10.2 Å². The van der Waals surface area contributed by atoms with E-state index in [1.54, 1.807) is 6.07 Å². The molecule has 21 heavy (non-hydrogen) atoms. The zero-order valence-electron chi connectivity index (χ0n) is 12.7. The molecule has 0 amide bonds. The smallest absolute Gasteiger partial charge is 0.305 e. The van der Waals surface area contributed by atoms with Gasteiger partial charge >= 0.3 is 5.69 Å². The van der Waals surface area contributed by atoms with Crippen LogP contribution in [-0.4, -0.2) is 36.0 Å². The third kappa shape index (κ3) is 3.57. The van der Waals surface area contributed by atoms with Crippen molar-refractivity contribution in [2.24, 2.45) is 5.41 Å². The molecule has 2 rings (SSSR count). The molecular formula is C15H22FN3O2. The first-order valence-electron chi connectivity index (χ1n) is 7.19. The first-order chi connectivity index (χ1) is 9.80. The van der Waals surface area contributed by atoms with E-state index in [9.17, 15) is 14.5 Å². The van der Waals surface area contributed by atoms with Gasteiger partial charge in [0.05, 0.1) is 4.92 Å². The molecule has 0 aromatic heterocycles. The monoisotopic (exact) mass is 295 g/mol. The minimum Gasteiger partial charge on any atom is -0.314 e. The molecule has 1 saturated heterocycles. The van der Waals surface area contributed by atoms with Crippen LogP contribution < -0.4 is 5.32 Å². The summed E-state index contributed by atoms with van der Waals surface area (Å²) in [5.41, 5.74) is 0.262. The third-order valence-corrected chi connectivity index (χ3v) is 3.82. The highest BCUT2D eigenvalue weighted by Crippen LogP contribution is 2.39. The SMILES string of the molecule is CC(C)(C)[C@H](c1ccc(F)c([N+](=O)[O-])c1)N1CCNCC1. The molecule has 1 aliphatic rings. The summed E-state index contributed by atoms with van der Waals surface area (Å²) in [4.78, 5) is 12.6. The van der Waals surface area contributed by atoms with Crippen molar-refractivity contribution in [3.63, 3.8) is 0 Å². The Morgan fingerprint density at radius 2 is 1.95 bits per heavy atom. The van der Waals surface area contributed by atoms with Gasteiger partial charge in [-0.05, 0) is 17.0 Å². The van der Waals surface area contributed by atoms with Crippen molar-refractivity contribution in [2.75, 3.05) is 26.2 Å². The molecule has 0 aliphatic carbocycles. The molecular weight excluding hydrogens is 273 g/mol. The predicted octanol–water partition coefficient (Wildman–Crippen LogP) is 2.73. The van der Waals surface area contributed by atoms with Crippen LogP contribution in [0.4, 0.5) is 10.1 Å². The van der Waals surface area contributed by atoms with E-state index in [-0.39, 0.29) is 11.5 Å². The molecule has 116 valence electrons. The van der Waals surface area contributed by atoms with Gasteiger partial charge < -0.3 is 5.32 Å². The Kier molecular flexibility index (Phi) is 4.58. The molecule has 5 nitrogen and oxygen atoms in total. The molecule has 0 unspecified atom stereocenters. The highest BCUT2D eigenvalue weighted by atomic mass is 19.1. The lowest BCUT2D eigenvalue weighted by atomic mass is 9.81. The summed E-state index contributed by atoms with van der Waals surface area (Å²) in [5.74, 6) is -0.781. The Hall–Kier alpha value is -1.53. The molecule has 1 heterocycles. The molecule has 0 spiro atoms. The highest BCUT2D eigenvalue weighted by Gasteiger charge is 2.33. The summed E-state index contributed by atoms with van der Waals surface area (Å²) in [6, 6.07) is 4.28. The van der Waals surface area contributed by atoms with Crippen LogP contribution in [0, 0.1) is 21.3 Å². The van der Waals surface area contributed by atoms with Gasteiger partial charge in [0, 0.05) is 38.3 Å². The largest absolute Gasteiger partial charge is 0.314 e. The van der Waals surface area contributed by atoms with Gasteiger partial charge in [0.2, 0.25) is 5.82 Å². The lowest BCUT2D eigenvalue weighted by molar-refractivity contribution is -0.387. The first kappa shape index (κ1) is 15.9. The number of benzene rings is 1. The topological polar surface area (TPSA) is 58.4 Å². The molecule has 6 heteroatoms. The van der Waals surface area contributed by atoms with Crippen molar-refractivity contribution in [2.45, 2.75) is 26.8 Å². The summed E-state index contributed by atoms with van der Waals surface area (Å²) in [6.07, 6.45) is 0. The molecule has 0 bridgehead atoms. The zero-order valence-corrected chi connectivity index (χ0v) is 12.7. The fourth-order valence-corrected chi connectivity index (χ4v) is 3.04. The number of rotatable bonds is 3. The van der Waals surface area contributed by atoms with Crippen LogP contribution in [0.25, 0.3) is 0 Å². The van der Waals surface area contributed by atoms with Crippen molar-refractivity contribution < 1.29 is 9.31 Å². The second-order valence-electron chi connectivity index (χ2n) is 6.52. The first-order valence-corrected chi connectivity index (χ1v) is 7.19. The Bertz CT molecular complexity index is 522. The molecule has 1 N–H and O–H groups in total. The van der Waals surface area contributed by atoms with Crippen molar-refractivity contribution >= 4 is 5.69 Å². The number of halogens is 1. The van der Waals surface area contributed by atoms with Crippen LogP contribution in [0.1, 0.15) is 32.4 Å². The molecule has 1 aromatic rings. The van der Waals surface area contributed by atoms with Gasteiger partial charge in [-0.15, -0.1) is 0 Å². The normalized spacial score (nSPS) is 18.5. The molecule has 1 atom stereocenters. The standard InChI is InChI=1S/C15H22FN3O2/c1-15(2,3)14(18-8-6-17-7-9-18)11-4-5-12(16)13(10-11)19(20)21/h4-5,10,14,17H,6-9H2,1-3H3/t14-/m0/s1. The number of nitrogens with zero attached hydrogens (tertiary/aromatic N) is 2. The van der Waals surface area contributed by atoms with Gasteiger partial charge in [0.25, 0.3) is 0 Å². The van der Waals surface area contributed by atoms with Crippen LogP contribution in [-0.2, 0) is 0 Å². The van der Waals surface area contributed by atoms with E-state index in [0.29, 0.717) is 0 Å². The maximum absolute atomic E-state index is 13.6. The Morgan fingerprint density at radius 1 is 1.33 bits per heavy atom. The van der Waals surface area contributed by atoms with E-state index in [0.717, 1.165) is 31.7 Å². The van der Waals surface area contributed by atoms with Crippen LogP contribution in [0.15, 0.2) is 18.2 Å². The van der Waals surface area contributed by atoms with Crippen molar-refractivity contribution in [3.8, 4) is 0 Å². The van der Waals surface area contributed by atoms with Gasteiger partial charge in [-0.1, -0.05) is 26.8 Å². The van der Waals surface area contributed by atoms with E-state index in [4.69, 9.17) is 0 Å². The van der Waals surface area contributed by atoms with Gasteiger partial charge in [-0.2, -0.15) is 4.39 Å². The number of piperazine rings is 1. The summed E-state index contributed by atoms with van der Waals surface area (Å²) in [6.45, 7) is 9.88. The highest BCUT2D eigenvalue weighted by molar-refractivity contribution is 5.38. The second-order valence-corrected chi connectivity index (χ2v) is 6.52. The minimum atomic E-state index is -0.781. The fourth-order valence-electron chi connectivity index (χ4n) is 3.04. The van der Waals surface area contributed by atoms with Gasteiger partial charge in [0.15, 0.2) is 0 Å². The molecule has 1 fully saturated rings. The molecule has 1 aliphatic heterocycles. The van der Waals surface area contributed by atoms with Gasteiger partial charge in [-0.3, -0.25) is 15.0 Å². The predicted molar refractivity (Wildman–Crippen MR) is 79.7 cm³/mol. The Labute approximate surface area is 124 Å². The lowest BCUT2D eigenvalue weighted by Crippen LogP contribution is -2.48. The Balaban J connectivity index is 2.41. The van der Waals surface area contributed by atoms with Crippen LogP contribution in [0.3, 0.4) is 0 Å². The molecule has 1 aromatic carbocycles. The average Bonchev–Trinajstić information content (AvgIpc) is 2.40. The number of hydrogen-bond donors (Lipinski definition) is 1. The van der Waals surface area contributed by atoms with Gasteiger partial charge in [-0.25, -0.2) is 0 Å². The average molecular weight is 295 g/mol. The summed E-state index contributed by atoms with van der Waals surface area (Å²) in [7, 11) is 0. The second kappa shape index (κ2) is 6.07. The number of nitro groups is 1. The van der Waals surface area contributed by atoms with E-state index >= 15 is 0 Å². The molecule has 0 radical (unpaired) electrons. The van der Waals surface area contributed by atoms with E-state index in [1.165, 1.54) is 12.1 Å². The number of nitrogens with one attached hydrogen (secondary N) is 1. The van der Waals surface area contributed by atoms with E-state index in [2.05, 4.69) is 31.0 Å². The molecule has 0 saturated carbocycles. The summed E-state index contributed by atoms with van der Waals surface area (Å²) < 4.78 is 13.6. The summed E-state index contributed by atoms with van der Waals surface area (Å²) >= 11 is 0. The van der Waals surface area contributed by atoms with E-state index < -0.39 is 16.4 Å². The number of nitro benzene ring substituents is 1. The zero-order chi connectivity index (χ0) is 15.6.